The van der Waals surface area contributed by atoms with Crippen molar-refractivity contribution in [3.05, 3.63) is 36.0 Å². The molecule has 1 aliphatic heterocycles. The van der Waals surface area contributed by atoms with Gasteiger partial charge in [-0.25, -0.2) is 0 Å². The van der Waals surface area contributed by atoms with E-state index in [1.54, 1.807) is 30.3 Å². The van der Waals surface area contributed by atoms with Crippen LogP contribution in [0.2, 0.25) is 0 Å². The molecule has 1 aromatic heterocycles. The largest absolute Gasteiger partial charge is 0.454 e. The quantitative estimate of drug-likeness (QED) is 0.892. The Morgan fingerprint density at radius 3 is 2.81 bits per heavy atom. The van der Waals surface area contributed by atoms with Crippen LogP contribution in [0.3, 0.4) is 0 Å². The lowest BCUT2D eigenvalue weighted by molar-refractivity contribution is 0.102. The highest BCUT2D eigenvalue weighted by Crippen LogP contribution is 2.34. The van der Waals surface area contributed by atoms with E-state index in [4.69, 9.17) is 9.47 Å². The van der Waals surface area contributed by atoms with E-state index in [1.165, 1.54) is 0 Å². The Hall–Kier alpha value is -2.83. The number of rotatable bonds is 4. The van der Waals surface area contributed by atoms with Gasteiger partial charge in [-0.3, -0.25) is 4.79 Å². The average molecular weight is 286 g/mol. The van der Waals surface area contributed by atoms with E-state index in [-0.39, 0.29) is 18.4 Å². The van der Waals surface area contributed by atoms with Gasteiger partial charge in [-0.1, -0.05) is 0 Å². The number of ether oxygens (including phenoxy) is 2. The predicted molar refractivity (Wildman–Crippen MR) is 76.7 cm³/mol. The summed E-state index contributed by atoms with van der Waals surface area (Å²) in [6, 6.07) is 8.53. The van der Waals surface area contributed by atoms with E-state index < -0.39 is 0 Å². The molecule has 0 aliphatic carbocycles. The van der Waals surface area contributed by atoms with Crippen LogP contribution in [-0.4, -0.2) is 29.4 Å². The summed E-state index contributed by atoms with van der Waals surface area (Å²) in [7, 11) is 0. The normalized spacial score (nSPS) is 12.0. The van der Waals surface area contributed by atoms with Crippen LogP contribution >= 0.6 is 0 Å². The van der Waals surface area contributed by atoms with Gasteiger partial charge in [-0.05, 0) is 31.2 Å². The van der Waals surface area contributed by atoms with E-state index in [1.807, 2.05) is 6.92 Å². The van der Waals surface area contributed by atoms with Gasteiger partial charge in [0.2, 0.25) is 6.79 Å². The van der Waals surface area contributed by atoms with Crippen LogP contribution < -0.4 is 20.1 Å². The van der Waals surface area contributed by atoms with Crippen LogP contribution in [0.1, 0.15) is 17.4 Å². The number of amides is 1. The summed E-state index contributed by atoms with van der Waals surface area (Å²) in [5.41, 5.74) is 0.858. The highest BCUT2D eigenvalue weighted by atomic mass is 16.7. The Kier molecular flexibility index (Phi) is 3.55. The van der Waals surface area contributed by atoms with Gasteiger partial charge in [0.05, 0.1) is 0 Å². The van der Waals surface area contributed by atoms with Gasteiger partial charge in [-0.15, -0.1) is 10.2 Å². The van der Waals surface area contributed by atoms with Crippen molar-refractivity contribution in [2.24, 2.45) is 0 Å². The second kappa shape index (κ2) is 5.66. The first kappa shape index (κ1) is 13.2. The van der Waals surface area contributed by atoms with Crippen LogP contribution in [0.4, 0.5) is 11.5 Å². The topological polar surface area (TPSA) is 85.4 Å². The zero-order chi connectivity index (χ0) is 14.7. The van der Waals surface area contributed by atoms with E-state index in [0.29, 0.717) is 23.0 Å². The first-order valence-electron chi connectivity index (χ1n) is 6.55. The first-order valence-corrected chi connectivity index (χ1v) is 6.55. The average Bonchev–Trinajstić information content (AvgIpc) is 2.96. The Labute approximate surface area is 121 Å². The molecule has 0 unspecified atom stereocenters. The van der Waals surface area contributed by atoms with Gasteiger partial charge in [-0.2, -0.15) is 0 Å². The molecular formula is C14H14N4O3. The number of carbonyl (C=O) groups is 1. The second-order valence-electron chi connectivity index (χ2n) is 4.36. The predicted octanol–water partition coefficient (Wildman–Crippen LogP) is 1.89. The Morgan fingerprint density at radius 1 is 1.19 bits per heavy atom. The van der Waals surface area contributed by atoms with Gasteiger partial charge in [0.25, 0.3) is 5.91 Å². The van der Waals surface area contributed by atoms with Gasteiger partial charge >= 0.3 is 0 Å². The summed E-state index contributed by atoms with van der Waals surface area (Å²) in [6.45, 7) is 2.91. The molecule has 108 valence electrons. The second-order valence-corrected chi connectivity index (χ2v) is 4.36. The van der Waals surface area contributed by atoms with Crippen molar-refractivity contribution in [3.8, 4) is 11.5 Å². The fraction of sp³-hybridized carbons (Fsp3) is 0.214. The summed E-state index contributed by atoms with van der Waals surface area (Å²) in [5, 5.41) is 13.6. The van der Waals surface area contributed by atoms with E-state index in [9.17, 15) is 4.79 Å². The number of aromatic nitrogens is 2. The molecule has 7 heteroatoms. The third kappa shape index (κ3) is 2.86. The number of carbonyl (C=O) groups excluding carboxylic acids is 1. The minimum Gasteiger partial charge on any atom is -0.454 e. The molecular weight excluding hydrogens is 272 g/mol. The molecule has 0 bridgehead atoms. The molecule has 3 rings (SSSR count). The summed E-state index contributed by atoms with van der Waals surface area (Å²) >= 11 is 0. The third-order valence-corrected chi connectivity index (χ3v) is 2.89. The number of nitrogens with zero attached hydrogens (tertiary/aromatic N) is 2. The summed E-state index contributed by atoms with van der Waals surface area (Å²) in [4.78, 5) is 12.1. The molecule has 1 amide bonds. The van der Waals surface area contributed by atoms with E-state index in [2.05, 4.69) is 20.8 Å². The standard InChI is InChI=1S/C14H14N4O3/c1-2-15-13-6-4-10(17-18-13)14(19)16-9-3-5-11-12(7-9)21-8-20-11/h3-7H,2,8H2,1H3,(H,15,18)(H,16,19). The molecule has 2 heterocycles. The smallest absolute Gasteiger partial charge is 0.276 e. The lowest BCUT2D eigenvalue weighted by Crippen LogP contribution is -2.14. The van der Waals surface area contributed by atoms with Crippen LogP contribution in [0.5, 0.6) is 11.5 Å². The summed E-state index contributed by atoms with van der Waals surface area (Å²) < 4.78 is 10.5. The SMILES string of the molecule is CCNc1ccc(C(=O)Nc2ccc3c(c2)OCO3)nn1. The fourth-order valence-electron chi connectivity index (χ4n) is 1.90. The van der Waals surface area contributed by atoms with E-state index >= 15 is 0 Å². The number of hydrogen-bond donors (Lipinski definition) is 2. The van der Waals surface area contributed by atoms with Gasteiger partial charge in [0.1, 0.15) is 5.82 Å². The highest BCUT2D eigenvalue weighted by Gasteiger charge is 2.15. The number of anilines is 2. The number of benzene rings is 1. The van der Waals surface area contributed by atoms with Gasteiger partial charge in [0.15, 0.2) is 17.2 Å². The van der Waals surface area contributed by atoms with Crippen molar-refractivity contribution >= 4 is 17.4 Å². The Morgan fingerprint density at radius 2 is 2.05 bits per heavy atom. The Bertz CT molecular complexity index is 658. The van der Waals surface area contributed by atoms with E-state index in [0.717, 1.165) is 6.54 Å². The molecule has 0 spiro atoms. The zero-order valence-corrected chi connectivity index (χ0v) is 11.4. The highest BCUT2D eigenvalue weighted by molar-refractivity contribution is 6.02. The van der Waals surface area contributed by atoms with Crippen LogP contribution in [0.15, 0.2) is 30.3 Å². The summed E-state index contributed by atoms with van der Waals surface area (Å²) in [6.07, 6.45) is 0. The van der Waals surface area contributed by atoms with Crippen molar-refractivity contribution < 1.29 is 14.3 Å². The zero-order valence-electron chi connectivity index (χ0n) is 11.4. The van der Waals surface area contributed by atoms with Crippen molar-refractivity contribution in [1.82, 2.24) is 10.2 Å². The Balaban J connectivity index is 1.71. The molecule has 0 saturated carbocycles. The van der Waals surface area contributed by atoms with Crippen LogP contribution in [0, 0.1) is 0 Å². The maximum atomic E-state index is 12.1. The molecule has 2 N–H and O–H groups in total. The molecule has 0 atom stereocenters. The number of hydrogen-bond acceptors (Lipinski definition) is 6. The molecule has 21 heavy (non-hydrogen) atoms. The van der Waals surface area contributed by atoms with Gasteiger partial charge < -0.3 is 20.1 Å². The minimum atomic E-state index is -0.329. The molecule has 1 aromatic carbocycles. The molecule has 0 fully saturated rings. The van der Waals surface area contributed by atoms with Crippen LogP contribution in [0.25, 0.3) is 0 Å². The number of fused-ring (bicyclic) bond motifs is 1. The fourth-order valence-corrected chi connectivity index (χ4v) is 1.90. The molecule has 7 nitrogen and oxygen atoms in total. The molecule has 0 saturated heterocycles. The molecule has 2 aromatic rings. The maximum absolute atomic E-state index is 12.1. The maximum Gasteiger partial charge on any atom is 0.276 e. The number of nitrogens with one attached hydrogen (secondary N) is 2. The molecule has 1 aliphatic rings. The van der Waals surface area contributed by atoms with Crippen molar-refractivity contribution in [1.29, 1.82) is 0 Å². The van der Waals surface area contributed by atoms with Crippen molar-refractivity contribution in [2.75, 3.05) is 24.0 Å². The van der Waals surface area contributed by atoms with Crippen LogP contribution in [-0.2, 0) is 0 Å². The lowest BCUT2D eigenvalue weighted by Gasteiger charge is -2.06. The van der Waals surface area contributed by atoms with Gasteiger partial charge in [0, 0.05) is 18.3 Å². The molecule has 0 radical (unpaired) electrons. The third-order valence-electron chi connectivity index (χ3n) is 2.89. The summed E-state index contributed by atoms with van der Waals surface area (Å²) in [5.74, 6) is 1.59. The van der Waals surface area contributed by atoms with Crippen molar-refractivity contribution in [3.63, 3.8) is 0 Å². The van der Waals surface area contributed by atoms with Crippen molar-refractivity contribution in [2.45, 2.75) is 6.92 Å². The first-order chi connectivity index (χ1) is 10.3. The monoisotopic (exact) mass is 286 g/mol. The minimum absolute atomic E-state index is 0.199. The lowest BCUT2D eigenvalue weighted by atomic mass is 10.2.